The number of amides is 1. The second kappa shape index (κ2) is 9.58. The van der Waals surface area contributed by atoms with Gasteiger partial charge in [0.15, 0.2) is 0 Å². The molecule has 0 aliphatic carbocycles. The van der Waals surface area contributed by atoms with Crippen molar-refractivity contribution in [2.24, 2.45) is 0 Å². The summed E-state index contributed by atoms with van der Waals surface area (Å²) >= 11 is 7.36. The molecule has 0 bridgehead atoms. The van der Waals surface area contributed by atoms with Gasteiger partial charge in [-0.3, -0.25) is 4.79 Å². The molecule has 0 spiro atoms. The molecular formula is C18H19ClFNOS. The zero-order chi connectivity index (χ0) is 16.5. The SMILES string of the molecule is O=C(CSCc1ccc(F)cc1)NCCCc1ccc(Cl)cc1. The van der Waals surface area contributed by atoms with Crippen LogP contribution in [0.5, 0.6) is 0 Å². The molecule has 1 N–H and O–H groups in total. The third-order valence-electron chi connectivity index (χ3n) is 3.29. The molecule has 122 valence electrons. The first kappa shape index (κ1) is 17.8. The van der Waals surface area contributed by atoms with E-state index < -0.39 is 0 Å². The number of thioether (sulfide) groups is 1. The molecule has 2 aromatic rings. The molecule has 0 atom stereocenters. The summed E-state index contributed by atoms with van der Waals surface area (Å²) in [5, 5.41) is 3.65. The minimum absolute atomic E-state index is 0.0354. The van der Waals surface area contributed by atoms with Gasteiger partial charge in [-0.05, 0) is 48.2 Å². The van der Waals surface area contributed by atoms with E-state index in [2.05, 4.69) is 5.32 Å². The predicted molar refractivity (Wildman–Crippen MR) is 95.3 cm³/mol. The van der Waals surface area contributed by atoms with Crippen LogP contribution in [0, 0.1) is 5.82 Å². The Labute approximate surface area is 145 Å². The van der Waals surface area contributed by atoms with Gasteiger partial charge in [0.05, 0.1) is 5.75 Å². The van der Waals surface area contributed by atoms with E-state index in [0.717, 1.165) is 23.4 Å². The summed E-state index contributed by atoms with van der Waals surface area (Å²) in [7, 11) is 0. The molecule has 0 saturated heterocycles. The minimum Gasteiger partial charge on any atom is -0.355 e. The predicted octanol–water partition coefficient (Wildman–Crippen LogP) is 4.46. The Morgan fingerprint density at radius 1 is 1.04 bits per heavy atom. The Bertz CT molecular complexity index is 616. The minimum atomic E-state index is -0.239. The fraction of sp³-hybridized carbons (Fsp3) is 0.278. The van der Waals surface area contributed by atoms with E-state index in [9.17, 15) is 9.18 Å². The van der Waals surface area contributed by atoms with Crippen molar-refractivity contribution in [3.05, 3.63) is 70.5 Å². The summed E-state index contributed by atoms with van der Waals surface area (Å²) in [5.41, 5.74) is 2.24. The van der Waals surface area contributed by atoms with Crippen molar-refractivity contribution in [1.29, 1.82) is 0 Å². The summed E-state index contributed by atoms with van der Waals surface area (Å²) in [6.07, 6.45) is 1.82. The largest absolute Gasteiger partial charge is 0.355 e. The van der Waals surface area contributed by atoms with Gasteiger partial charge in [-0.2, -0.15) is 0 Å². The first-order chi connectivity index (χ1) is 11.1. The molecule has 0 heterocycles. The second-order valence-corrected chi connectivity index (χ2v) is 6.62. The Morgan fingerprint density at radius 3 is 2.39 bits per heavy atom. The van der Waals surface area contributed by atoms with E-state index in [4.69, 9.17) is 11.6 Å². The van der Waals surface area contributed by atoms with E-state index >= 15 is 0 Å². The summed E-state index contributed by atoms with van der Waals surface area (Å²) < 4.78 is 12.8. The number of carbonyl (C=O) groups is 1. The Kier molecular flexibility index (Phi) is 7.43. The van der Waals surface area contributed by atoms with Crippen LogP contribution in [0.15, 0.2) is 48.5 Å². The van der Waals surface area contributed by atoms with E-state index in [1.54, 1.807) is 12.1 Å². The van der Waals surface area contributed by atoms with Gasteiger partial charge in [-0.1, -0.05) is 35.9 Å². The molecule has 0 aliphatic rings. The lowest BCUT2D eigenvalue weighted by Gasteiger charge is -2.06. The molecule has 2 aromatic carbocycles. The van der Waals surface area contributed by atoms with Crippen LogP contribution in [-0.4, -0.2) is 18.2 Å². The van der Waals surface area contributed by atoms with Gasteiger partial charge in [-0.25, -0.2) is 4.39 Å². The third kappa shape index (κ3) is 7.06. The molecule has 0 saturated carbocycles. The third-order valence-corrected chi connectivity index (χ3v) is 4.55. The maximum Gasteiger partial charge on any atom is 0.230 e. The summed E-state index contributed by atoms with van der Waals surface area (Å²) in [4.78, 5) is 11.7. The first-order valence-corrected chi connectivity index (χ1v) is 9.00. The standard InChI is InChI=1S/C18H19ClFNOS/c19-16-7-3-14(4-8-16)2-1-11-21-18(22)13-23-12-15-5-9-17(20)10-6-15/h3-10H,1-2,11-13H2,(H,21,22). The van der Waals surface area contributed by atoms with Crippen LogP contribution < -0.4 is 5.32 Å². The number of hydrogen-bond acceptors (Lipinski definition) is 2. The Hall–Kier alpha value is -1.52. The topological polar surface area (TPSA) is 29.1 Å². The summed E-state index contributed by atoms with van der Waals surface area (Å²) in [6, 6.07) is 14.1. The average molecular weight is 352 g/mol. The summed E-state index contributed by atoms with van der Waals surface area (Å²) in [5.74, 6) is 0.918. The second-order valence-electron chi connectivity index (χ2n) is 5.20. The van der Waals surface area contributed by atoms with E-state index in [1.807, 2.05) is 24.3 Å². The van der Waals surface area contributed by atoms with Crippen LogP contribution in [0.4, 0.5) is 4.39 Å². The average Bonchev–Trinajstić information content (AvgIpc) is 2.55. The first-order valence-electron chi connectivity index (χ1n) is 7.47. The lowest BCUT2D eigenvalue weighted by Crippen LogP contribution is -2.26. The van der Waals surface area contributed by atoms with Crippen LogP contribution in [-0.2, 0) is 17.0 Å². The number of carbonyl (C=O) groups excluding carboxylic acids is 1. The quantitative estimate of drug-likeness (QED) is 0.711. The molecule has 2 nitrogen and oxygen atoms in total. The molecule has 5 heteroatoms. The Balaban J connectivity index is 1.56. The fourth-order valence-corrected chi connectivity index (χ4v) is 3.01. The van der Waals surface area contributed by atoms with Gasteiger partial charge in [0.25, 0.3) is 0 Å². The van der Waals surface area contributed by atoms with Crippen molar-refractivity contribution in [2.45, 2.75) is 18.6 Å². The fourth-order valence-electron chi connectivity index (χ4n) is 2.06. The van der Waals surface area contributed by atoms with Crippen LogP contribution in [0.3, 0.4) is 0 Å². The number of rotatable bonds is 8. The molecule has 0 radical (unpaired) electrons. The van der Waals surface area contributed by atoms with E-state index in [0.29, 0.717) is 18.1 Å². The van der Waals surface area contributed by atoms with Crippen molar-refractivity contribution in [3.63, 3.8) is 0 Å². The zero-order valence-electron chi connectivity index (χ0n) is 12.7. The number of nitrogens with one attached hydrogen (secondary N) is 1. The zero-order valence-corrected chi connectivity index (χ0v) is 14.3. The van der Waals surface area contributed by atoms with Crippen LogP contribution in [0.2, 0.25) is 5.02 Å². The highest BCUT2D eigenvalue weighted by Gasteiger charge is 2.02. The maximum absolute atomic E-state index is 12.8. The van der Waals surface area contributed by atoms with Gasteiger partial charge in [0.2, 0.25) is 5.91 Å². The number of halogens is 2. The summed E-state index contributed by atoms with van der Waals surface area (Å²) in [6.45, 7) is 0.665. The smallest absolute Gasteiger partial charge is 0.230 e. The highest BCUT2D eigenvalue weighted by Crippen LogP contribution is 2.13. The van der Waals surface area contributed by atoms with E-state index in [-0.39, 0.29) is 11.7 Å². The van der Waals surface area contributed by atoms with Crippen molar-refractivity contribution < 1.29 is 9.18 Å². The van der Waals surface area contributed by atoms with Gasteiger partial charge < -0.3 is 5.32 Å². The Morgan fingerprint density at radius 2 is 1.70 bits per heavy atom. The lowest BCUT2D eigenvalue weighted by molar-refractivity contribution is -0.118. The van der Waals surface area contributed by atoms with Gasteiger partial charge >= 0.3 is 0 Å². The van der Waals surface area contributed by atoms with Gasteiger partial charge in [0, 0.05) is 17.3 Å². The normalized spacial score (nSPS) is 10.5. The van der Waals surface area contributed by atoms with Crippen molar-refractivity contribution in [3.8, 4) is 0 Å². The van der Waals surface area contributed by atoms with E-state index in [1.165, 1.54) is 29.5 Å². The van der Waals surface area contributed by atoms with Crippen LogP contribution in [0.25, 0.3) is 0 Å². The van der Waals surface area contributed by atoms with Gasteiger partial charge in [0.1, 0.15) is 5.82 Å². The van der Waals surface area contributed by atoms with Crippen molar-refractivity contribution >= 4 is 29.3 Å². The molecule has 23 heavy (non-hydrogen) atoms. The molecule has 0 fully saturated rings. The molecule has 0 unspecified atom stereocenters. The number of benzene rings is 2. The van der Waals surface area contributed by atoms with Crippen molar-refractivity contribution in [1.82, 2.24) is 5.32 Å². The highest BCUT2D eigenvalue weighted by atomic mass is 35.5. The lowest BCUT2D eigenvalue weighted by atomic mass is 10.1. The molecule has 2 rings (SSSR count). The molecule has 1 amide bonds. The monoisotopic (exact) mass is 351 g/mol. The number of hydrogen-bond donors (Lipinski definition) is 1. The molecule has 0 aromatic heterocycles. The maximum atomic E-state index is 12.8. The highest BCUT2D eigenvalue weighted by molar-refractivity contribution is 7.99. The van der Waals surface area contributed by atoms with Crippen LogP contribution >= 0.6 is 23.4 Å². The van der Waals surface area contributed by atoms with Crippen molar-refractivity contribution in [2.75, 3.05) is 12.3 Å². The molecule has 0 aliphatic heterocycles. The molecular weight excluding hydrogens is 333 g/mol. The number of aryl methyl sites for hydroxylation is 1. The van der Waals surface area contributed by atoms with Gasteiger partial charge in [-0.15, -0.1) is 11.8 Å². The van der Waals surface area contributed by atoms with Crippen LogP contribution in [0.1, 0.15) is 17.5 Å².